The summed E-state index contributed by atoms with van der Waals surface area (Å²) in [5.41, 5.74) is 1.80. The lowest BCUT2D eigenvalue weighted by Gasteiger charge is -2.28. The number of alkyl halides is 1. The quantitative estimate of drug-likeness (QED) is 0.558. The van der Waals surface area contributed by atoms with Crippen molar-refractivity contribution in [2.75, 3.05) is 32.8 Å². The number of halogens is 1. The third-order valence-corrected chi connectivity index (χ3v) is 5.07. The summed E-state index contributed by atoms with van der Waals surface area (Å²) >= 11 is 5.66. The standard InChI is InChI=1S/C22H29ClO5/c1-22(2,20-6-4-5-7-21(20)28-14-17(25)12-23)16-8-10-18(11-9-16)27-15-19(13-24)26-3/h4-11,17,19,24-25H,12-15H2,1-3H3. The first kappa shape index (κ1) is 22.5. The highest BCUT2D eigenvalue weighted by atomic mass is 35.5. The SMILES string of the molecule is COC(CO)COc1ccc(C(C)(C)c2ccccc2OCC(O)CCl)cc1. The number of methoxy groups -OCH3 is 1. The van der Waals surface area contributed by atoms with Gasteiger partial charge in [0.05, 0.1) is 12.5 Å². The summed E-state index contributed by atoms with van der Waals surface area (Å²) in [4.78, 5) is 0. The van der Waals surface area contributed by atoms with E-state index in [1.807, 2.05) is 48.5 Å². The van der Waals surface area contributed by atoms with Crippen LogP contribution in [0, 0.1) is 0 Å². The predicted molar refractivity (Wildman–Crippen MR) is 111 cm³/mol. The second kappa shape index (κ2) is 10.7. The highest BCUT2D eigenvalue weighted by Crippen LogP contribution is 2.37. The molecule has 0 radical (unpaired) electrons. The highest BCUT2D eigenvalue weighted by Gasteiger charge is 2.27. The van der Waals surface area contributed by atoms with Crippen LogP contribution in [0.15, 0.2) is 48.5 Å². The van der Waals surface area contributed by atoms with Gasteiger partial charge in [-0.3, -0.25) is 0 Å². The van der Waals surface area contributed by atoms with Crippen molar-refractivity contribution in [1.82, 2.24) is 0 Å². The van der Waals surface area contributed by atoms with Gasteiger partial charge in [-0.15, -0.1) is 11.6 Å². The van der Waals surface area contributed by atoms with Crippen molar-refractivity contribution in [3.8, 4) is 11.5 Å². The molecular weight excluding hydrogens is 380 g/mol. The van der Waals surface area contributed by atoms with Crippen LogP contribution in [-0.2, 0) is 10.2 Å². The number of rotatable bonds is 11. The molecule has 154 valence electrons. The van der Waals surface area contributed by atoms with Crippen molar-refractivity contribution < 1.29 is 24.4 Å². The van der Waals surface area contributed by atoms with E-state index in [4.69, 9.17) is 30.9 Å². The molecule has 2 unspecified atom stereocenters. The first-order valence-electron chi connectivity index (χ1n) is 9.25. The van der Waals surface area contributed by atoms with Gasteiger partial charge in [-0.25, -0.2) is 0 Å². The Bertz CT molecular complexity index is 713. The Hall–Kier alpha value is -1.79. The van der Waals surface area contributed by atoms with Crippen LogP contribution < -0.4 is 9.47 Å². The minimum Gasteiger partial charge on any atom is -0.491 e. The molecule has 0 aliphatic heterocycles. The molecule has 0 amide bonds. The molecule has 0 bridgehead atoms. The van der Waals surface area contributed by atoms with Crippen LogP contribution in [0.5, 0.6) is 11.5 Å². The zero-order chi connectivity index (χ0) is 20.6. The van der Waals surface area contributed by atoms with Gasteiger partial charge in [0.25, 0.3) is 0 Å². The first-order chi connectivity index (χ1) is 13.4. The van der Waals surface area contributed by atoms with Gasteiger partial charge in [0, 0.05) is 18.1 Å². The van der Waals surface area contributed by atoms with Gasteiger partial charge in [-0.05, 0) is 23.8 Å². The molecule has 2 atom stereocenters. The van der Waals surface area contributed by atoms with Crippen LogP contribution in [0.4, 0.5) is 0 Å². The van der Waals surface area contributed by atoms with Crippen molar-refractivity contribution in [3.63, 3.8) is 0 Å². The molecule has 28 heavy (non-hydrogen) atoms. The molecule has 0 spiro atoms. The molecule has 0 aliphatic carbocycles. The number of para-hydroxylation sites is 1. The third-order valence-electron chi connectivity index (χ3n) is 4.72. The molecule has 0 aliphatic rings. The molecule has 5 nitrogen and oxygen atoms in total. The smallest absolute Gasteiger partial charge is 0.123 e. The van der Waals surface area contributed by atoms with E-state index < -0.39 is 6.10 Å². The zero-order valence-corrected chi connectivity index (χ0v) is 17.4. The van der Waals surface area contributed by atoms with Crippen LogP contribution >= 0.6 is 11.6 Å². The number of benzene rings is 2. The molecule has 0 aromatic heterocycles. The number of ether oxygens (including phenoxy) is 3. The summed E-state index contributed by atoms with van der Waals surface area (Å²) in [5, 5.41) is 18.9. The maximum atomic E-state index is 9.69. The molecular formula is C22H29ClO5. The third kappa shape index (κ3) is 5.85. The van der Waals surface area contributed by atoms with Gasteiger partial charge in [0.2, 0.25) is 0 Å². The number of hydrogen-bond acceptors (Lipinski definition) is 5. The van der Waals surface area contributed by atoms with Crippen LogP contribution in [0.25, 0.3) is 0 Å². The van der Waals surface area contributed by atoms with Gasteiger partial charge in [-0.1, -0.05) is 44.2 Å². The van der Waals surface area contributed by atoms with Gasteiger partial charge < -0.3 is 24.4 Å². The van der Waals surface area contributed by atoms with E-state index in [0.29, 0.717) is 5.75 Å². The number of aliphatic hydroxyl groups is 2. The Balaban J connectivity index is 2.16. The summed E-state index contributed by atoms with van der Waals surface area (Å²) in [6.07, 6.45) is -1.05. The van der Waals surface area contributed by atoms with E-state index in [9.17, 15) is 5.11 Å². The fraction of sp³-hybridized carbons (Fsp3) is 0.455. The van der Waals surface area contributed by atoms with Crippen LogP contribution in [-0.4, -0.2) is 55.2 Å². The zero-order valence-electron chi connectivity index (χ0n) is 16.6. The van der Waals surface area contributed by atoms with Crippen LogP contribution in [0.2, 0.25) is 0 Å². The normalized spacial score (nSPS) is 13.8. The van der Waals surface area contributed by atoms with Crippen LogP contribution in [0.1, 0.15) is 25.0 Å². The van der Waals surface area contributed by atoms with Crippen molar-refractivity contribution in [2.24, 2.45) is 0 Å². The highest BCUT2D eigenvalue weighted by molar-refractivity contribution is 6.18. The maximum absolute atomic E-state index is 9.69. The summed E-state index contributed by atoms with van der Waals surface area (Å²) < 4.78 is 16.6. The summed E-state index contributed by atoms with van der Waals surface area (Å²) in [6, 6.07) is 15.6. The van der Waals surface area contributed by atoms with E-state index in [1.165, 1.54) is 0 Å². The molecule has 0 saturated carbocycles. The van der Waals surface area contributed by atoms with E-state index in [-0.39, 0.29) is 37.2 Å². The molecule has 0 heterocycles. The molecule has 2 aromatic rings. The van der Waals surface area contributed by atoms with E-state index in [2.05, 4.69) is 13.8 Å². The van der Waals surface area contributed by atoms with Crippen molar-refractivity contribution in [1.29, 1.82) is 0 Å². The van der Waals surface area contributed by atoms with Gasteiger partial charge in [-0.2, -0.15) is 0 Å². The monoisotopic (exact) mass is 408 g/mol. The van der Waals surface area contributed by atoms with Crippen LogP contribution in [0.3, 0.4) is 0 Å². The average molecular weight is 409 g/mol. The van der Waals surface area contributed by atoms with Gasteiger partial charge in [0.15, 0.2) is 0 Å². The molecule has 0 fully saturated rings. The minimum absolute atomic E-state index is 0.0865. The van der Waals surface area contributed by atoms with Gasteiger partial charge >= 0.3 is 0 Å². The fourth-order valence-corrected chi connectivity index (χ4v) is 2.94. The Kier molecular flexibility index (Phi) is 8.58. The topological polar surface area (TPSA) is 68.2 Å². The molecule has 6 heteroatoms. The Morgan fingerprint density at radius 2 is 1.68 bits per heavy atom. The number of hydrogen-bond donors (Lipinski definition) is 2. The second-order valence-corrected chi connectivity index (χ2v) is 7.42. The average Bonchev–Trinajstić information content (AvgIpc) is 2.73. The van der Waals surface area contributed by atoms with Crippen molar-refractivity contribution in [2.45, 2.75) is 31.5 Å². The largest absolute Gasteiger partial charge is 0.491 e. The first-order valence-corrected chi connectivity index (χ1v) is 9.79. The molecule has 2 N–H and O–H groups in total. The predicted octanol–water partition coefficient (Wildman–Crippen LogP) is 3.38. The Morgan fingerprint density at radius 3 is 2.29 bits per heavy atom. The Labute approximate surface area is 171 Å². The lowest BCUT2D eigenvalue weighted by Crippen LogP contribution is -2.24. The molecule has 2 aromatic carbocycles. The van der Waals surface area contributed by atoms with E-state index in [0.717, 1.165) is 16.9 Å². The number of aliphatic hydroxyl groups excluding tert-OH is 2. The van der Waals surface area contributed by atoms with Crippen molar-refractivity contribution in [3.05, 3.63) is 59.7 Å². The van der Waals surface area contributed by atoms with E-state index >= 15 is 0 Å². The molecule has 2 rings (SSSR count). The minimum atomic E-state index is -0.705. The summed E-state index contributed by atoms with van der Waals surface area (Å²) in [7, 11) is 1.54. The maximum Gasteiger partial charge on any atom is 0.123 e. The lowest BCUT2D eigenvalue weighted by atomic mass is 9.77. The fourth-order valence-electron chi connectivity index (χ4n) is 2.85. The van der Waals surface area contributed by atoms with Gasteiger partial charge in [0.1, 0.15) is 36.9 Å². The van der Waals surface area contributed by atoms with E-state index in [1.54, 1.807) is 7.11 Å². The van der Waals surface area contributed by atoms with Crippen molar-refractivity contribution >= 4 is 11.6 Å². The second-order valence-electron chi connectivity index (χ2n) is 7.12. The summed E-state index contributed by atoms with van der Waals surface area (Å²) in [5.74, 6) is 1.57. The lowest BCUT2D eigenvalue weighted by molar-refractivity contribution is 0.0164. The summed E-state index contributed by atoms with van der Waals surface area (Å²) in [6.45, 7) is 4.59. The Morgan fingerprint density at radius 1 is 1.00 bits per heavy atom. The molecule has 0 saturated heterocycles.